The van der Waals surface area contributed by atoms with E-state index < -0.39 is 11.6 Å². The smallest absolute Gasteiger partial charge is 0.237 e. The molecule has 0 aliphatic heterocycles. The van der Waals surface area contributed by atoms with Gasteiger partial charge in [-0.2, -0.15) is 0 Å². The largest absolute Gasteiger partial charge is 0.388 e. The molecule has 0 aromatic rings. The van der Waals surface area contributed by atoms with Gasteiger partial charge in [0.25, 0.3) is 0 Å². The standard InChI is InChI=1S/C11H24N2O2/c1-5-11(15,6-2)7-13-10(14)9(12)8(3)4/h8-9,15H,5-7,12H2,1-4H3,(H,13,14). The fourth-order valence-electron chi connectivity index (χ4n) is 1.17. The van der Waals surface area contributed by atoms with Gasteiger partial charge in [0.1, 0.15) is 0 Å². The Bertz CT molecular complexity index is 201. The van der Waals surface area contributed by atoms with Gasteiger partial charge in [0.2, 0.25) is 5.91 Å². The minimum Gasteiger partial charge on any atom is -0.388 e. The minimum absolute atomic E-state index is 0.112. The molecular formula is C11H24N2O2. The second-order valence-corrected chi connectivity index (χ2v) is 4.42. The highest BCUT2D eigenvalue weighted by atomic mass is 16.3. The van der Waals surface area contributed by atoms with Crippen molar-refractivity contribution < 1.29 is 9.90 Å². The molecule has 0 bridgehead atoms. The van der Waals surface area contributed by atoms with Crippen molar-refractivity contribution in [3.8, 4) is 0 Å². The molecule has 0 aromatic carbocycles. The highest BCUT2D eigenvalue weighted by molar-refractivity contribution is 5.81. The predicted octanol–water partition coefficient (Wildman–Crippen LogP) is 0.637. The molecule has 90 valence electrons. The number of nitrogens with one attached hydrogen (secondary N) is 1. The number of hydrogen-bond donors (Lipinski definition) is 3. The average Bonchev–Trinajstić information content (AvgIpc) is 2.24. The summed E-state index contributed by atoms with van der Waals surface area (Å²) in [6, 6.07) is -0.497. The Kier molecular flexibility index (Phi) is 5.83. The number of hydrogen-bond acceptors (Lipinski definition) is 3. The average molecular weight is 216 g/mol. The monoisotopic (exact) mass is 216 g/mol. The molecule has 4 heteroatoms. The minimum atomic E-state index is -0.799. The van der Waals surface area contributed by atoms with E-state index in [1.54, 1.807) is 0 Å². The lowest BCUT2D eigenvalue weighted by Crippen LogP contribution is -2.49. The highest BCUT2D eigenvalue weighted by Gasteiger charge is 2.24. The topological polar surface area (TPSA) is 75.3 Å². The maximum absolute atomic E-state index is 11.5. The SMILES string of the molecule is CCC(O)(CC)CNC(=O)C(N)C(C)C. The Labute approximate surface area is 92.2 Å². The summed E-state index contributed by atoms with van der Waals surface area (Å²) in [5, 5.41) is 12.6. The maximum atomic E-state index is 11.5. The fraction of sp³-hybridized carbons (Fsp3) is 0.909. The molecule has 0 aliphatic carbocycles. The van der Waals surface area contributed by atoms with Gasteiger partial charge in [-0.1, -0.05) is 27.7 Å². The van der Waals surface area contributed by atoms with E-state index in [0.29, 0.717) is 12.8 Å². The van der Waals surface area contributed by atoms with Crippen molar-refractivity contribution in [2.75, 3.05) is 6.54 Å². The number of amides is 1. The predicted molar refractivity (Wildman–Crippen MR) is 61.4 cm³/mol. The third-order valence-corrected chi connectivity index (χ3v) is 2.93. The van der Waals surface area contributed by atoms with Crippen LogP contribution in [-0.2, 0) is 4.79 Å². The van der Waals surface area contributed by atoms with Crippen LogP contribution in [0.4, 0.5) is 0 Å². The molecule has 0 fully saturated rings. The molecule has 4 nitrogen and oxygen atoms in total. The molecule has 1 atom stereocenters. The van der Waals surface area contributed by atoms with Crippen LogP contribution >= 0.6 is 0 Å². The Morgan fingerprint density at radius 1 is 1.40 bits per heavy atom. The number of rotatable bonds is 6. The van der Waals surface area contributed by atoms with Crippen molar-refractivity contribution in [1.29, 1.82) is 0 Å². The summed E-state index contributed by atoms with van der Waals surface area (Å²) < 4.78 is 0. The molecule has 1 amide bonds. The first-order chi connectivity index (χ1) is 6.86. The van der Waals surface area contributed by atoms with E-state index in [4.69, 9.17) is 5.73 Å². The van der Waals surface area contributed by atoms with E-state index in [0.717, 1.165) is 0 Å². The number of carbonyl (C=O) groups is 1. The van der Waals surface area contributed by atoms with Crippen molar-refractivity contribution >= 4 is 5.91 Å². The summed E-state index contributed by atoms with van der Waals surface area (Å²) in [5.41, 5.74) is 4.88. The Morgan fingerprint density at radius 2 is 1.87 bits per heavy atom. The molecular weight excluding hydrogens is 192 g/mol. The van der Waals surface area contributed by atoms with E-state index in [9.17, 15) is 9.90 Å². The van der Waals surface area contributed by atoms with E-state index in [1.165, 1.54) is 0 Å². The quantitative estimate of drug-likeness (QED) is 0.610. The van der Waals surface area contributed by atoms with Crippen LogP contribution in [0.15, 0.2) is 0 Å². The first-order valence-electron chi connectivity index (χ1n) is 5.62. The summed E-state index contributed by atoms with van der Waals surface area (Å²) in [6.45, 7) is 7.88. The summed E-state index contributed by atoms with van der Waals surface area (Å²) in [6.07, 6.45) is 1.25. The van der Waals surface area contributed by atoms with Crippen LogP contribution in [0, 0.1) is 5.92 Å². The van der Waals surface area contributed by atoms with Gasteiger partial charge in [-0.15, -0.1) is 0 Å². The fourth-order valence-corrected chi connectivity index (χ4v) is 1.17. The molecule has 0 radical (unpaired) electrons. The van der Waals surface area contributed by atoms with Crippen LogP contribution in [0.2, 0.25) is 0 Å². The molecule has 0 aliphatic rings. The molecule has 0 heterocycles. The van der Waals surface area contributed by atoms with E-state index in [2.05, 4.69) is 5.32 Å². The lowest BCUT2D eigenvalue weighted by Gasteiger charge is -2.26. The van der Waals surface area contributed by atoms with Gasteiger partial charge in [0.15, 0.2) is 0 Å². The van der Waals surface area contributed by atoms with Crippen LogP contribution in [0.1, 0.15) is 40.5 Å². The zero-order valence-corrected chi connectivity index (χ0v) is 10.2. The van der Waals surface area contributed by atoms with Gasteiger partial charge in [0, 0.05) is 6.54 Å². The zero-order valence-electron chi connectivity index (χ0n) is 10.2. The molecule has 15 heavy (non-hydrogen) atoms. The summed E-state index contributed by atoms with van der Waals surface area (Å²) in [5.74, 6) is -0.0772. The van der Waals surface area contributed by atoms with Gasteiger partial charge in [-0.25, -0.2) is 0 Å². The second-order valence-electron chi connectivity index (χ2n) is 4.42. The Hall–Kier alpha value is -0.610. The summed E-state index contributed by atoms with van der Waals surface area (Å²) >= 11 is 0. The number of nitrogens with two attached hydrogens (primary N) is 1. The second kappa shape index (κ2) is 6.08. The van der Waals surface area contributed by atoms with Crippen LogP contribution < -0.4 is 11.1 Å². The van der Waals surface area contributed by atoms with Gasteiger partial charge >= 0.3 is 0 Å². The van der Waals surface area contributed by atoms with Crippen LogP contribution in [-0.4, -0.2) is 29.2 Å². The normalized spacial score (nSPS) is 14.1. The van der Waals surface area contributed by atoms with Crippen molar-refractivity contribution in [2.45, 2.75) is 52.2 Å². The maximum Gasteiger partial charge on any atom is 0.237 e. The van der Waals surface area contributed by atoms with Crippen molar-refractivity contribution in [3.63, 3.8) is 0 Å². The van der Waals surface area contributed by atoms with Crippen molar-refractivity contribution in [2.24, 2.45) is 11.7 Å². The molecule has 0 saturated heterocycles. The number of carbonyl (C=O) groups excluding carboxylic acids is 1. The zero-order chi connectivity index (χ0) is 12.1. The van der Waals surface area contributed by atoms with Gasteiger partial charge in [-0.3, -0.25) is 4.79 Å². The van der Waals surface area contributed by atoms with E-state index in [-0.39, 0.29) is 18.4 Å². The van der Waals surface area contributed by atoms with Gasteiger partial charge in [0.05, 0.1) is 11.6 Å². The number of aliphatic hydroxyl groups is 1. The van der Waals surface area contributed by atoms with Crippen molar-refractivity contribution in [1.82, 2.24) is 5.32 Å². The summed E-state index contributed by atoms with van der Waals surface area (Å²) in [7, 11) is 0. The molecule has 4 N–H and O–H groups in total. The molecule has 0 aromatic heterocycles. The molecule has 1 unspecified atom stereocenters. The summed E-state index contributed by atoms with van der Waals surface area (Å²) in [4.78, 5) is 11.5. The van der Waals surface area contributed by atoms with Crippen molar-refractivity contribution in [3.05, 3.63) is 0 Å². The van der Waals surface area contributed by atoms with Gasteiger partial charge < -0.3 is 16.2 Å². The van der Waals surface area contributed by atoms with Crippen LogP contribution in [0.3, 0.4) is 0 Å². The van der Waals surface area contributed by atoms with E-state index in [1.807, 2.05) is 27.7 Å². The van der Waals surface area contributed by atoms with Crippen LogP contribution in [0.25, 0.3) is 0 Å². The molecule has 0 saturated carbocycles. The molecule has 0 rings (SSSR count). The third-order valence-electron chi connectivity index (χ3n) is 2.93. The van der Waals surface area contributed by atoms with Crippen LogP contribution in [0.5, 0.6) is 0 Å². The molecule has 0 spiro atoms. The van der Waals surface area contributed by atoms with E-state index >= 15 is 0 Å². The third kappa shape index (κ3) is 4.62. The first kappa shape index (κ1) is 14.4. The highest BCUT2D eigenvalue weighted by Crippen LogP contribution is 2.12. The lowest BCUT2D eigenvalue weighted by molar-refractivity contribution is -0.124. The first-order valence-corrected chi connectivity index (χ1v) is 5.62. The Morgan fingerprint density at radius 3 is 2.20 bits per heavy atom. The van der Waals surface area contributed by atoms with Gasteiger partial charge in [-0.05, 0) is 18.8 Å². The lowest BCUT2D eigenvalue weighted by atomic mass is 9.97. The Balaban J connectivity index is 4.10.